The fourth-order valence-electron chi connectivity index (χ4n) is 4.62. The molecule has 3 unspecified atom stereocenters. The molecule has 2 fully saturated rings. The second-order valence-electron chi connectivity index (χ2n) is 7.83. The average Bonchev–Trinajstić information content (AvgIpc) is 2.80. The van der Waals surface area contributed by atoms with Crippen LogP contribution in [0, 0.1) is 17.3 Å². The van der Waals surface area contributed by atoms with E-state index in [4.69, 9.17) is 0 Å². The van der Waals surface area contributed by atoms with Gasteiger partial charge in [-0.1, -0.05) is 27.2 Å². The topological polar surface area (TPSA) is 29.0 Å². The SMILES string of the molecule is CC(C)CC1CC2(CCC(C)C2)CCN1c1ncccn1. The van der Waals surface area contributed by atoms with Crippen molar-refractivity contribution >= 4 is 5.95 Å². The van der Waals surface area contributed by atoms with Gasteiger partial charge in [0.25, 0.3) is 0 Å². The third-order valence-corrected chi connectivity index (χ3v) is 5.49. The molecule has 3 nitrogen and oxygen atoms in total. The van der Waals surface area contributed by atoms with Crippen LogP contribution in [0.4, 0.5) is 5.95 Å². The van der Waals surface area contributed by atoms with Crippen molar-refractivity contribution in [1.82, 2.24) is 9.97 Å². The Balaban J connectivity index is 1.79. The molecule has 2 heterocycles. The summed E-state index contributed by atoms with van der Waals surface area (Å²) in [5.41, 5.74) is 0.615. The van der Waals surface area contributed by atoms with Crippen LogP contribution in [0.25, 0.3) is 0 Å². The minimum absolute atomic E-state index is 0.615. The molecule has 0 radical (unpaired) electrons. The molecule has 1 aliphatic heterocycles. The van der Waals surface area contributed by atoms with Gasteiger partial charge in [0.1, 0.15) is 0 Å². The number of piperidine rings is 1. The number of hydrogen-bond donors (Lipinski definition) is 0. The first kappa shape index (κ1) is 14.8. The zero-order chi connectivity index (χ0) is 14.9. The van der Waals surface area contributed by atoms with E-state index < -0.39 is 0 Å². The van der Waals surface area contributed by atoms with Crippen LogP contribution in [0.3, 0.4) is 0 Å². The lowest BCUT2D eigenvalue weighted by atomic mass is 9.72. The first-order chi connectivity index (χ1) is 10.1. The van der Waals surface area contributed by atoms with E-state index >= 15 is 0 Å². The molecular weight excluding hydrogens is 258 g/mol. The predicted octanol–water partition coefficient (Wildman–Crippen LogP) is 4.30. The fraction of sp³-hybridized carbons (Fsp3) is 0.778. The fourth-order valence-corrected chi connectivity index (χ4v) is 4.62. The molecule has 1 spiro atoms. The maximum absolute atomic E-state index is 4.50. The van der Waals surface area contributed by atoms with Crippen molar-refractivity contribution in [3.63, 3.8) is 0 Å². The quantitative estimate of drug-likeness (QED) is 0.830. The van der Waals surface area contributed by atoms with Crippen LogP contribution in [0.1, 0.15) is 59.3 Å². The van der Waals surface area contributed by atoms with Crippen LogP contribution < -0.4 is 4.90 Å². The molecule has 0 bridgehead atoms. The van der Waals surface area contributed by atoms with Gasteiger partial charge in [-0.2, -0.15) is 0 Å². The summed E-state index contributed by atoms with van der Waals surface area (Å²) in [4.78, 5) is 11.5. The summed E-state index contributed by atoms with van der Waals surface area (Å²) in [6.07, 6.45) is 12.0. The van der Waals surface area contributed by atoms with E-state index in [1.807, 2.05) is 18.5 Å². The van der Waals surface area contributed by atoms with Crippen molar-refractivity contribution < 1.29 is 0 Å². The summed E-state index contributed by atoms with van der Waals surface area (Å²) in [7, 11) is 0. The Kier molecular flexibility index (Phi) is 4.19. The molecule has 1 saturated carbocycles. The molecule has 116 valence electrons. The zero-order valence-corrected chi connectivity index (χ0v) is 13.8. The molecule has 3 rings (SSSR count). The summed E-state index contributed by atoms with van der Waals surface area (Å²) in [5, 5.41) is 0. The molecule has 0 N–H and O–H groups in total. The van der Waals surface area contributed by atoms with Crippen molar-refractivity contribution in [2.45, 2.75) is 65.3 Å². The molecule has 3 atom stereocenters. The first-order valence-corrected chi connectivity index (χ1v) is 8.62. The van der Waals surface area contributed by atoms with Crippen LogP contribution in [-0.2, 0) is 0 Å². The lowest BCUT2D eigenvalue weighted by Crippen LogP contribution is -2.48. The summed E-state index contributed by atoms with van der Waals surface area (Å²) in [5.74, 6) is 2.59. The largest absolute Gasteiger partial charge is 0.338 e. The second-order valence-corrected chi connectivity index (χ2v) is 7.83. The van der Waals surface area contributed by atoms with Gasteiger partial charge in [-0.25, -0.2) is 9.97 Å². The highest BCUT2D eigenvalue weighted by Gasteiger charge is 2.44. The molecule has 0 amide bonds. The van der Waals surface area contributed by atoms with Gasteiger partial charge in [0.15, 0.2) is 0 Å². The van der Waals surface area contributed by atoms with Crippen LogP contribution in [0.2, 0.25) is 0 Å². The molecule has 1 saturated heterocycles. The maximum Gasteiger partial charge on any atom is 0.225 e. The van der Waals surface area contributed by atoms with E-state index in [-0.39, 0.29) is 0 Å². The molecule has 1 aliphatic carbocycles. The van der Waals surface area contributed by atoms with Crippen molar-refractivity contribution in [2.24, 2.45) is 17.3 Å². The molecular formula is C18H29N3. The maximum atomic E-state index is 4.50. The van der Waals surface area contributed by atoms with Gasteiger partial charge >= 0.3 is 0 Å². The highest BCUT2D eigenvalue weighted by Crippen LogP contribution is 2.51. The monoisotopic (exact) mass is 287 g/mol. The Morgan fingerprint density at radius 1 is 1.24 bits per heavy atom. The minimum atomic E-state index is 0.615. The zero-order valence-electron chi connectivity index (χ0n) is 13.8. The van der Waals surface area contributed by atoms with Gasteiger partial charge in [-0.05, 0) is 55.4 Å². The van der Waals surface area contributed by atoms with Crippen molar-refractivity contribution in [1.29, 1.82) is 0 Å². The van der Waals surface area contributed by atoms with Gasteiger partial charge in [0, 0.05) is 25.0 Å². The van der Waals surface area contributed by atoms with Gasteiger partial charge in [-0.15, -0.1) is 0 Å². The Morgan fingerprint density at radius 3 is 2.62 bits per heavy atom. The van der Waals surface area contributed by atoms with E-state index in [2.05, 4.69) is 35.6 Å². The van der Waals surface area contributed by atoms with Gasteiger partial charge < -0.3 is 4.90 Å². The standard InChI is InChI=1S/C18H29N3/c1-14(2)11-16-13-18(6-5-15(3)12-18)7-10-21(16)17-19-8-4-9-20-17/h4,8-9,14-16H,5-7,10-13H2,1-3H3. The van der Waals surface area contributed by atoms with Gasteiger partial charge in [-0.3, -0.25) is 0 Å². The normalized spacial score (nSPS) is 33.0. The van der Waals surface area contributed by atoms with Gasteiger partial charge in [0.2, 0.25) is 5.95 Å². The van der Waals surface area contributed by atoms with E-state index in [0.29, 0.717) is 11.5 Å². The number of rotatable bonds is 3. The number of hydrogen-bond acceptors (Lipinski definition) is 3. The minimum Gasteiger partial charge on any atom is -0.338 e. The van der Waals surface area contributed by atoms with Crippen LogP contribution in [0.15, 0.2) is 18.5 Å². The van der Waals surface area contributed by atoms with E-state index in [1.165, 1.54) is 38.5 Å². The molecule has 0 aromatic carbocycles. The lowest BCUT2D eigenvalue weighted by Gasteiger charge is -2.46. The highest BCUT2D eigenvalue weighted by molar-refractivity contribution is 5.32. The molecule has 1 aromatic heterocycles. The number of aromatic nitrogens is 2. The van der Waals surface area contributed by atoms with E-state index in [0.717, 1.165) is 24.3 Å². The smallest absolute Gasteiger partial charge is 0.225 e. The Hall–Kier alpha value is -1.12. The third kappa shape index (κ3) is 3.22. The second kappa shape index (κ2) is 5.94. The van der Waals surface area contributed by atoms with E-state index in [9.17, 15) is 0 Å². The number of nitrogens with zero attached hydrogens (tertiary/aromatic N) is 3. The Morgan fingerprint density at radius 2 is 2.00 bits per heavy atom. The lowest BCUT2D eigenvalue weighted by molar-refractivity contribution is 0.174. The van der Waals surface area contributed by atoms with Crippen LogP contribution in [0.5, 0.6) is 0 Å². The average molecular weight is 287 g/mol. The summed E-state index contributed by atoms with van der Waals surface area (Å²) in [6, 6.07) is 2.52. The van der Waals surface area contributed by atoms with Crippen molar-refractivity contribution in [3.8, 4) is 0 Å². The Labute approximate surface area is 129 Å². The molecule has 2 aliphatic rings. The highest BCUT2D eigenvalue weighted by atomic mass is 15.3. The predicted molar refractivity (Wildman–Crippen MR) is 87.3 cm³/mol. The summed E-state index contributed by atoms with van der Waals surface area (Å²) in [6.45, 7) is 8.23. The van der Waals surface area contributed by atoms with Crippen LogP contribution in [-0.4, -0.2) is 22.6 Å². The van der Waals surface area contributed by atoms with Crippen molar-refractivity contribution in [2.75, 3.05) is 11.4 Å². The molecule has 21 heavy (non-hydrogen) atoms. The molecule has 3 heteroatoms. The summed E-state index contributed by atoms with van der Waals surface area (Å²) < 4.78 is 0. The molecule has 1 aromatic rings. The van der Waals surface area contributed by atoms with Gasteiger partial charge in [0.05, 0.1) is 0 Å². The van der Waals surface area contributed by atoms with Crippen molar-refractivity contribution in [3.05, 3.63) is 18.5 Å². The first-order valence-electron chi connectivity index (χ1n) is 8.62. The number of anilines is 1. The Bertz CT molecular complexity index is 459. The summed E-state index contributed by atoms with van der Waals surface area (Å²) >= 11 is 0. The van der Waals surface area contributed by atoms with E-state index in [1.54, 1.807) is 0 Å². The third-order valence-electron chi connectivity index (χ3n) is 5.49. The van der Waals surface area contributed by atoms with Crippen LogP contribution >= 0.6 is 0 Å².